The number of hydrogen-bond acceptors (Lipinski definition) is 2. The Bertz CT molecular complexity index is 263. The van der Waals surface area contributed by atoms with Crippen LogP contribution in [0.1, 0.15) is 33.0 Å². The quantitative estimate of drug-likeness (QED) is 0.765. The highest BCUT2D eigenvalue weighted by molar-refractivity contribution is 5.06. The van der Waals surface area contributed by atoms with E-state index in [1.807, 2.05) is 12.4 Å². The average Bonchev–Trinajstić information content (AvgIpc) is 2.51. The summed E-state index contributed by atoms with van der Waals surface area (Å²) in [5, 5.41) is 0. The van der Waals surface area contributed by atoms with Crippen LogP contribution in [0.15, 0.2) is 12.4 Å². The Morgan fingerprint density at radius 2 is 2.23 bits per heavy atom. The standard InChI is InChI=1S/C10H19N3/c1-4-13-8-7-12-9(13)10(2,3)5-6-11/h7-8H,4-6,11H2,1-3H3. The topological polar surface area (TPSA) is 43.8 Å². The maximum absolute atomic E-state index is 5.58. The van der Waals surface area contributed by atoms with Crippen molar-refractivity contribution in [2.24, 2.45) is 5.73 Å². The molecule has 74 valence electrons. The van der Waals surface area contributed by atoms with Crippen LogP contribution in [-0.4, -0.2) is 16.1 Å². The first-order chi connectivity index (χ1) is 6.11. The molecule has 0 aliphatic carbocycles. The highest BCUT2D eigenvalue weighted by Gasteiger charge is 2.23. The van der Waals surface area contributed by atoms with E-state index in [1.54, 1.807) is 0 Å². The maximum atomic E-state index is 5.58. The molecule has 1 aromatic heterocycles. The van der Waals surface area contributed by atoms with E-state index in [-0.39, 0.29) is 5.41 Å². The Kier molecular flexibility index (Phi) is 3.09. The van der Waals surface area contributed by atoms with Gasteiger partial charge in [0.2, 0.25) is 0 Å². The number of nitrogens with two attached hydrogens (primary N) is 1. The van der Waals surface area contributed by atoms with Gasteiger partial charge in [0, 0.05) is 24.4 Å². The zero-order valence-electron chi connectivity index (χ0n) is 8.75. The number of hydrogen-bond donors (Lipinski definition) is 1. The first-order valence-corrected chi connectivity index (χ1v) is 4.83. The smallest absolute Gasteiger partial charge is 0.114 e. The summed E-state index contributed by atoms with van der Waals surface area (Å²) in [6, 6.07) is 0. The van der Waals surface area contributed by atoms with Gasteiger partial charge < -0.3 is 10.3 Å². The summed E-state index contributed by atoms with van der Waals surface area (Å²) in [4.78, 5) is 4.38. The third-order valence-corrected chi connectivity index (χ3v) is 2.43. The van der Waals surface area contributed by atoms with Crippen LogP contribution in [0.4, 0.5) is 0 Å². The monoisotopic (exact) mass is 181 g/mol. The van der Waals surface area contributed by atoms with Gasteiger partial charge in [-0.2, -0.15) is 0 Å². The van der Waals surface area contributed by atoms with E-state index in [1.165, 1.54) is 0 Å². The molecule has 13 heavy (non-hydrogen) atoms. The van der Waals surface area contributed by atoms with Crippen molar-refractivity contribution in [1.29, 1.82) is 0 Å². The van der Waals surface area contributed by atoms with Crippen molar-refractivity contribution in [3.63, 3.8) is 0 Å². The lowest BCUT2D eigenvalue weighted by Crippen LogP contribution is -2.25. The molecule has 0 unspecified atom stereocenters. The van der Waals surface area contributed by atoms with Crippen LogP contribution in [0.5, 0.6) is 0 Å². The second-order valence-electron chi connectivity index (χ2n) is 3.96. The third-order valence-electron chi connectivity index (χ3n) is 2.43. The second kappa shape index (κ2) is 3.92. The van der Waals surface area contributed by atoms with Gasteiger partial charge in [0.05, 0.1) is 0 Å². The summed E-state index contributed by atoms with van der Waals surface area (Å²) in [5.74, 6) is 1.14. The molecular formula is C10H19N3. The van der Waals surface area contributed by atoms with E-state index in [4.69, 9.17) is 5.73 Å². The number of imidazole rings is 1. The molecule has 0 saturated carbocycles. The lowest BCUT2D eigenvalue weighted by Gasteiger charge is -2.23. The molecule has 0 aliphatic heterocycles. The van der Waals surface area contributed by atoms with Crippen LogP contribution in [0, 0.1) is 0 Å². The van der Waals surface area contributed by atoms with Crippen molar-refractivity contribution in [2.45, 2.75) is 39.2 Å². The first-order valence-electron chi connectivity index (χ1n) is 4.83. The molecule has 0 spiro atoms. The minimum absolute atomic E-state index is 0.0915. The van der Waals surface area contributed by atoms with Crippen LogP contribution in [0.3, 0.4) is 0 Å². The highest BCUT2D eigenvalue weighted by atomic mass is 15.1. The lowest BCUT2D eigenvalue weighted by molar-refractivity contribution is 0.434. The molecule has 0 radical (unpaired) electrons. The fourth-order valence-corrected chi connectivity index (χ4v) is 1.62. The first kappa shape index (κ1) is 10.3. The molecular weight excluding hydrogens is 162 g/mol. The van der Waals surface area contributed by atoms with Crippen molar-refractivity contribution in [3.8, 4) is 0 Å². The van der Waals surface area contributed by atoms with E-state index < -0.39 is 0 Å². The number of nitrogens with zero attached hydrogens (tertiary/aromatic N) is 2. The Balaban J connectivity index is 2.91. The SMILES string of the molecule is CCn1ccnc1C(C)(C)CCN. The summed E-state index contributed by atoms with van der Waals surface area (Å²) in [6.07, 6.45) is 4.86. The van der Waals surface area contributed by atoms with Gasteiger partial charge in [0.15, 0.2) is 0 Å². The fourth-order valence-electron chi connectivity index (χ4n) is 1.62. The van der Waals surface area contributed by atoms with E-state index in [0.717, 1.165) is 18.8 Å². The molecule has 0 fully saturated rings. The van der Waals surface area contributed by atoms with Crippen LogP contribution in [-0.2, 0) is 12.0 Å². The molecule has 1 rings (SSSR count). The Morgan fingerprint density at radius 3 is 2.77 bits per heavy atom. The third kappa shape index (κ3) is 2.10. The number of rotatable bonds is 4. The van der Waals surface area contributed by atoms with E-state index >= 15 is 0 Å². The summed E-state index contributed by atoms with van der Waals surface area (Å²) >= 11 is 0. The molecule has 3 nitrogen and oxygen atoms in total. The normalized spacial score (nSPS) is 12.0. The molecule has 2 N–H and O–H groups in total. The zero-order chi connectivity index (χ0) is 9.90. The van der Waals surface area contributed by atoms with E-state index in [9.17, 15) is 0 Å². The molecule has 1 heterocycles. The van der Waals surface area contributed by atoms with Crippen LogP contribution < -0.4 is 5.73 Å². The fraction of sp³-hybridized carbons (Fsp3) is 0.700. The largest absolute Gasteiger partial charge is 0.335 e. The number of aromatic nitrogens is 2. The van der Waals surface area contributed by atoms with E-state index in [0.29, 0.717) is 6.54 Å². The van der Waals surface area contributed by atoms with Gasteiger partial charge in [0.25, 0.3) is 0 Å². The minimum atomic E-state index is 0.0915. The molecule has 0 atom stereocenters. The molecule has 0 aliphatic rings. The van der Waals surface area contributed by atoms with Gasteiger partial charge in [-0.25, -0.2) is 4.98 Å². The van der Waals surface area contributed by atoms with Crippen molar-refractivity contribution >= 4 is 0 Å². The van der Waals surface area contributed by atoms with Crippen molar-refractivity contribution in [2.75, 3.05) is 6.54 Å². The van der Waals surface area contributed by atoms with Gasteiger partial charge in [0.1, 0.15) is 5.82 Å². The maximum Gasteiger partial charge on any atom is 0.114 e. The van der Waals surface area contributed by atoms with Gasteiger partial charge in [-0.1, -0.05) is 13.8 Å². The Hall–Kier alpha value is -0.830. The van der Waals surface area contributed by atoms with Gasteiger partial charge in [-0.15, -0.1) is 0 Å². The van der Waals surface area contributed by atoms with Gasteiger partial charge in [-0.05, 0) is 19.9 Å². The predicted octanol–water partition coefficient (Wildman–Crippen LogP) is 1.53. The minimum Gasteiger partial charge on any atom is -0.335 e. The summed E-state index contributed by atoms with van der Waals surface area (Å²) in [6.45, 7) is 8.19. The summed E-state index contributed by atoms with van der Waals surface area (Å²) < 4.78 is 2.18. The molecule has 1 aromatic rings. The summed E-state index contributed by atoms with van der Waals surface area (Å²) in [7, 11) is 0. The highest BCUT2D eigenvalue weighted by Crippen LogP contribution is 2.24. The van der Waals surface area contributed by atoms with Crippen LogP contribution in [0.2, 0.25) is 0 Å². The Labute approximate surface area is 80.0 Å². The molecule has 0 amide bonds. The molecule has 0 saturated heterocycles. The van der Waals surface area contributed by atoms with Crippen LogP contribution >= 0.6 is 0 Å². The van der Waals surface area contributed by atoms with Gasteiger partial charge in [-0.3, -0.25) is 0 Å². The van der Waals surface area contributed by atoms with Crippen molar-refractivity contribution < 1.29 is 0 Å². The zero-order valence-corrected chi connectivity index (χ0v) is 8.75. The summed E-state index contributed by atoms with van der Waals surface area (Å²) in [5.41, 5.74) is 5.67. The molecule has 0 aromatic carbocycles. The van der Waals surface area contributed by atoms with Crippen molar-refractivity contribution in [3.05, 3.63) is 18.2 Å². The van der Waals surface area contributed by atoms with Crippen molar-refractivity contribution in [1.82, 2.24) is 9.55 Å². The van der Waals surface area contributed by atoms with Gasteiger partial charge >= 0.3 is 0 Å². The second-order valence-corrected chi connectivity index (χ2v) is 3.96. The molecule has 0 bridgehead atoms. The lowest BCUT2D eigenvalue weighted by atomic mass is 9.88. The Morgan fingerprint density at radius 1 is 1.54 bits per heavy atom. The molecule has 3 heteroatoms. The number of aryl methyl sites for hydroxylation is 1. The van der Waals surface area contributed by atoms with E-state index in [2.05, 4.69) is 30.3 Å². The predicted molar refractivity (Wildman–Crippen MR) is 54.6 cm³/mol. The van der Waals surface area contributed by atoms with Crippen LogP contribution in [0.25, 0.3) is 0 Å². The average molecular weight is 181 g/mol.